The summed E-state index contributed by atoms with van der Waals surface area (Å²) in [5, 5.41) is 3.49. The van der Waals surface area contributed by atoms with E-state index in [0.717, 1.165) is 16.8 Å². The van der Waals surface area contributed by atoms with Gasteiger partial charge in [0.25, 0.3) is 0 Å². The van der Waals surface area contributed by atoms with E-state index in [0.29, 0.717) is 19.4 Å². The van der Waals surface area contributed by atoms with Crippen molar-refractivity contribution in [3.05, 3.63) is 28.2 Å². The molecule has 2 rings (SSSR count). The van der Waals surface area contributed by atoms with Crippen LogP contribution in [0.1, 0.15) is 25.3 Å². The molecule has 17 heavy (non-hydrogen) atoms. The molecule has 0 spiro atoms. The third kappa shape index (κ3) is 3.98. The second-order valence-electron chi connectivity index (χ2n) is 4.14. The second-order valence-corrected chi connectivity index (χ2v) is 4.99. The van der Waals surface area contributed by atoms with E-state index in [4.69, 9.17) is 9.47 Å². The number of benzene rings is 1. The van der Waals surface area contributed by atoms with E-state index in [1.165, 1.54) is 18.4 Å². The highest BCUT2D eigenvalue weighted by atomic mass is 79.9. The van der Waals surface area contributed by atoms with Gasteiger partial charge >= 0.3 is 0 Å². The first-order chi connectivity index (χ1) is 8.31. The molecule has 0 radical (unpaired) electrons. The van der Waals surface area contributed by atoms with Crippen LogP contribution in [-0.4, -0.2) is 19.4 Å². The zero-order chi connectivity index (χ0) is 12.1. The van der Waals surface area contributed by atoms with E-state index in [-0.39, 0.29) is 0 Å². The molecule has 0 saturated heterocycles. The van der Waals surface area contributed by atoms with Crippen molar-refractivity contribution in [2.75, 3.05) is 13.4 Å². The van der Waals surface area contributed by atoms with Crippen LogP contribution in [0.5, 0.6) is 5.75 Å². The summed E-state index contributed by atoms with van der Waals surface area (Å²) in [7, 11) is 0. The van der Waals surface area contributed by atoms with E-state index in [2.05, 4.69) is 27.3 Å². The van der Waals surface area contributed by atoms with E-state index >= 15 is 0 Å². The van der Waals surface area contributed by atoms with Crippen molar-refractivity contribution in [3.63, 3.8) is 0 Å². The van der Waals surface area contributed by atoms with Gasteiger partial charge in [0.15, 0.2) is 6.79 Å². The van der Waals surface area contributed by atoms with Gasteiger partial charge < -0.3 is 14.8 Å². The standard InChI is InChI=1S/C13H18BrNO2/c1-2-16-9-17-13-10(4-3-5-12(13)14)8-15-11-6-7-11/h3-5,11,15H,2,6-9H2,1H3. The van der Waals surface area contributed by atoms with Crippen LogP contribution in [0.15, 0.2) is 22.7 Å². The maximum atomic E-state index is 5.65. The maximum absolute atomic E-state index is 5.65. The monoisotopic (exact) mass is 299 g/mol. The smallest absolute Gasteiger partial charge is 0.189 e. The number of ether oxygens (including phenoxy) is 2. The highest BCUT2D eigenvalue weighted by molar-refractivity contribution is 9.10. The van der Waals surface area contributed by atoms with Gasteiger partial charge in [-0.3, -0.25) is 0 Å². The van der Waals surface area contributed by atoms with Crippen LogP contribution in [-0.2, 0) is 11.3 Å². The number of rotatable bonds is 7. The van der Waals surface area contributed by atoms with Gasteiger partial charge in [0.05, 0.1) is 4.47 Å². The van der Waals surface area contributed by atoms with Crippen LogP contribution in [0.25, 0.3) is 0 Å². The molecule has 1 aliphatic rings. The molecule has 0 atom stereocenters. The first-order valence-corrected chi connectivity index (χ1v) is 6.82. The van der Waals surface area contributed by atoms with Crippen LogP contribution in [0.4, 0.5) is 0 Å². The second kappa shape index (κ2) is 6.38. The summed E-state index contributed by atoms with van der Waals surface area (Å²) in [5.74, 6) is 0.883. The molecule has 0 aromatic heterocycles. The number of nitrogens with one attached hydrogen (secondary N) is 1. The van der Waals surface area contributed by atoms with E-state index in [1.807, 2.05) is 19.1 Å². The minimum atomic E-state index is 0.301. The Morgan fingerprint density at radius 3 is 2.94 bits per heavy atom. The number of hydrogen-bond acceptors (Lipinski definition) is 3. The normalized spacial score (nSPS) is 14.9. The van der Waals surface area contributed by atoms with E-state index in [1.54, 1.807) is 0 Å². The van der Waals surface area contributed by atoms with Crippen LogP contribution in [0.2, 0.25) is 0 Å². The first-order valence-electron chi connectivity index (χ1n) is 6.02. The van der Waals surface area contributed by atoms with Crippen molar-refractivity contribution in [2.24, 2.45) is 0 Å². The number of halogens is 1. The Morgan fingerprint density at radius 1 is 1.41 bits per heavy atom. The van der Waals surface area contributed by atoms with Gasteiger partial charge in [0.1, 0.15) is 5.75 Å². The minimum Gasteiger partial charge on any atom is -0.466 e. The molecule has 0 amide bonds. The lowest BCUT2D eigenvalue weighted by Gasteiger charge is -2.13. The molecule has 1 saturated carbocycles. The SMILES string of the molecule is CCOCOc1c(Br)cccc1CNC1CC1. The van der Waals surface area contributed by atoms with Crippen LogP contribution in [0, 0.1) is 0 Å². The quantitative estimate of drug-likeness (QED) is 0.620. The molecular formula is C13H18BrNO2. The molecule has 1 N–H and O–H groups in total. The summed E-state index contributed by atoms with van der Waals surface area (Å²) in [4.78, 5) is 0. The molecule has 4 heteroatoms. The molecule has 0 heterocycles. The average molecular weight is 300 g/mol. The van der Waals surface area contributed by atoms with Gasteiger partial charge in [0.2, 0.25) is 0 Å². The molecule has 0 aliphatic heterocycles. The van der Waals surface area contributed by atoms with Gasteiger partial charge in [0, 0.05) is 24.8 Å². The fourth-order valence-corrected chi connectivity index (χ4v) is 2.10. The predicted octanol–water partition coefficient (Wildman–Crippen LogP) is 3.07. The van der Waals surface area contributed by atoms with Gasteiger partial charge in [-0.15, -0.1) is 0 Å². The molecule has 0 bridgehead atoms. The topological polar surface area (TPSA) is 30.5 Å². The Hall–Kier alpha value is -0.580. The van der Waals surface area contributed by atoms with Crippen molar-refractivity contribution in [1.29, 1.82) is 0 Å². The molecule has 1 aromatic rings. The lowest BCUT2D eigenvalue weighted by Crippen LogP contribution is -2.16. The van der Waals surface area contributed by atoms with Crippen molar-refractivity contribution in [2.45, 2.75) is 32.4 Å². The Bertz CT molecular complexity index is 366. The van der Waals surface area contributed by atoms with Crippen LogP contribution < -0.4 is 10.1 Å². The first kappa shape index (κ1) is 12.9. The van der Waals surface area contributed by atoms with Gasteiger partial charge in [-0.2, -0.15) is 0 Å². The predicted molar refractivity (Wildman–Crippen MR) is 71.1 cm³/mol. The molecule has 94 valence electrons. The molecule has 0 unspecified atom stereocenters. The van der Waals surface area contributed by atoms with E-state index in [9.17, 15) is 0 Å². The summed E-state index contributed by atoms with van der Waals surface area (Å²) < 4.78 is 11.9. The number of para-hydroxylation sites is 1. The lowest BCUT2D eigenvalue weighted by atomic mass is 10.2. The lowest BCUT2D eigenvalue weighted by molar-refractivity contribution is 0.0213. The summed E-state index contributed by atoms with van der Waals surface area (Å²) >= 11 is 3.51. The maximum Gasteiger partial charge on any atom is 0.189 e. The fourth-order valence-electron chi connectivity index (χ4n) is 1.58. The highest BCUT2D eigenvalue weighted by Crippen LogP contribution is 2.30. The van der Waals surface area contributed by atoms with E-state index < -0.39 is 0 Å². The third-order valence-corrected chi connectivity index (χ3v) is 3.32. The molecule has 1 aromatic carbocycles. The largest absolute Gasteiger partial charge is 0.466 e. The zero-order valence-corrected chi connectivity index (χ0v) is 11.6. The average Bonchev–Trinajstić information content (AvgIpc) is 3.13. The highest BCUT2D eigenvalue weighted by Gasteiger charge is 2.20. The number of hydrogen-bond donors (Lipinski definition) is 1. The molecular weight excluding hydrogens is 282 g/mol. The fraction of sp³-hybridized carbons (Fsp3) is 0.538. The summed E-state index contributed by atoms with van der Waals surface area (Å²) in [6, 6.07) is 6.80. The minimum absolute atomic E-state index is 0.301. The third-order valence-electron chi connectivity index (χ3n) is 2.70. The van der Waals surface area contributed by atoms with Crippen molar-refractivity contribution < 1.29 is 9.47 Å². The van der Waals surface area contributed by atoms with Gasteiger partial charge in [-0.05, 0) is 41.8 Å². The van der Waals surface area contributed by atoms with Gasteiger partial charge in [-0.25, -0.2) is 0 Å². The Labute approximate surface area is 111 Å². The van der Waals surface area contributed by atoms with Crippen molar-refractivity contribution >= 4 is 15.9 Å². The van der Waals surface area contributed by atoms with Crippen LogP contribution >= 0.6 is 15.9 Å². The summed E-state index contributed by atoms with van der Waals surface area (Å²) in [5.41, 5.74) is 1.17. The Morgan fingerprint density at radius 2 is 2.24 bits per heavy atom. The molecule has 1 aliphatic carbocycles. The molecule has 1 fully saturated rings. The molecule has 3 nitrogen and oxygen atoms in total. The van der Waals surface area contributed by atoms with Crippen molar-refractivity contribution in [1.82, 2.24) is 5.32 Å². The van der Waals surface area contributed by atoms with Crippen LogP contribution in [0.3, 0.4) is 0 Å². The summed E-state index contributed by atoms with van der Waals surface area (Å²) in [6.07, 6.45) is 2.59. The Kier molecular flexibility index (Phi) is 4.83. The van der Waals surface area contributed by atoms with Gasteiger partial charge in [-0.1, -0.05) is 12.1 Å². The summed E-state index contributed by atoms with van der Waals surface area (Å²) in [6.45, 7) is 3.78. The Balaban J connectivity index is 1.98. The zero-order valence-electron chi connectivity index (χ0n) is 10.0. The van der Waals surface area contributed by atoms with Crippen molar-refractivity contribution in [3.8, 4) is 5.75 Å².